The average Bonchev–Trinajstić information content (AvgIpc) is 3.35. The molecule has 0 unspecified atom stereocenters. The van der Waals surface area contributed by atoms with Crippen molar-refractivity contribution in [2.24, 2.45) is 0 Å². The van der Waals surface area contributed by atoms with Crippen LogP contribution >= 0.6 is 0 Å². The number of rotatable bonds is 4. The number of aryl methyl sites for hydroxylation is 1. The van der Waals surface area contributed by atoms with Crippen LogP contribution in [0.15, 0.2) is 41.1 Å². The van der Waals surface area contributed by atoms with E-state index in [4.69, 9.17) is 4.52 Å². The maximum Gasteiger partial charge on any atom is 0.227 e. The predicted octanol–water partition coefficient (Wildman–Crippen LogP) is 3.42. The predicted molar refractivity (Wildman–Crippen MR) is 92.6 cm³/mol. The number of carbonyl (C=O) groups excluding carboxylic acids is 1. The van der Waals surface area contributed by atoms with Crippen molar-refractivity contribution in [3.8, 4) is 11.3 Å². The summed E-state index contributed by atoms with van der Waals surface area (Å²) in [5.74, 6) is 0.363. The highest BCUT2D eigenvalue weighted by Crippen LogP contribution is 2.36. The lowest BCUT2D eigenvalue weighted by Crippen LogP contribution is -2.32. The number of hydrogen-bond acceptors (Lipinski definition) is 4. The molecule has 3 aromatic rings. The first kappa shape index (κ1) is 16.5. The summed E-state index contributed by atoms with van der Waals surface area (Å²) in [4.78, 5) is 14.7. The van der Waals surface area contributed by atoms with Gasteiger partial charge in [-0.1, -0.05) is 17.3 Å². The third kappa shape index (κ3) is 3.12. The molecule has 134 valence electrons. The summed E-state index contributed by atoms with van der Waals surface area (Å²) in [5.41, 5.74) is 3.30. The summed E-state index contributed by atoms with van der Waals surface area (Å²) in [6, 6.07) is 7.83. The average molecular weight is 354 g/mol. The number of amides is 1. The van der Waals surface area contributed by atoms with Crippen molar-refractivity contribution in [1.82, 2.24) is 20.3 Å². The smallest absolute Gasteiger partial charge is 0.227 e. The fourth-order valence-corrected chi connectivity index (χ4v) is 3.48. The normalized spacial score (nSPS) is 17.0. The van der Waals surface area contributed by atoms with Gasteiger partial charge < -0.3 is 9.42 Å². The summed E-state index contributed by atoms with van der Waals surface area (Å²) < 4.78 is 18.4. The maximum absolute atomic E-state index is 13.1. The zero-order valence-corrected chi connectivity index (χ0v) is 14.4. The number of aromatic nitrogens is 3. The molecule has 0 radical (unpaired) electrons. The van der Waals surface area contributed by atoms with Crippen LogP contribution in [-0.4, -0.2) is 32.7 Å². The summed E-state index contributed by atoms with van der Waals surface area (Å²) in [6.45, 7) is 2.55. The van der Waals surface area contributed by atoms with E-state index in [1.165, 1.54) is 12.1 Å². The minimum absolute atomic E-state index is 0.0217. The molecule has 1 N–H and O–H groups in total. The number of hydrogen-bond donors (Lipinski definition) is 1. The molecule has 2 aromatic heterocycles. The fourth-order valence-electron chi connectivity index (χ4n) is 3.48. The SMILES string of the molecule is Cc1cc(-c2cn[nH]c2[C@H]2CCCN2C(=O)Cc2ccc(F)cc2)on1. The Morgan fingerprint density at radius 2 is 2.19 bits per heavy atom. The number of H-pyrrole nitrogens is 1. The second-order valence-electron chi connectivity index (χ2n) is 6.58. The molecule has 0 spiro atoms. The molecule has 1 aromatic carbocycles. The molecule has 1 aliphatic rings. The van der Waals surface area contributed by atoms with Gasteiger partial charge in [0.25, 0.3) is 0 Å². The van der Waals surface area contributed by atoms with Gasteiger partial charge in [-0.15, -0.1) is 0 Å². The molecule has 1 amide bonds. The van der Waals surface area contributed by atoms with Gasteiger partial charge in [-0.25, -0.2) is 4.39 Å². The Balaban J connectivity index is 1.56. The van der Waals surface area contributed by atoms with Crippen LogP contribution in [0.25, 0.3) is 11.3 Å². The van der Waals surface area contributed by atoms with Gasteiger partial charge in [0.1, 0.15) is 5.82 Å². The summed E-state index contributed by atoms with van der Waals surface area (Å²) in [5, 5.41) is 11.1. The van der Waals surface area contributed by atoms with Crippen molar-refractivity contribution < 1.29 is 13.7 Å². The first-order chi connectivity index (χ1) is 12.6. The number of aromatic amines is 1. The van der Waals surface area contributed by atoms with Crippen LogP contribution < -0.4 is 0 Å². The fraction of sp³-hybridized carbons (Fsp3) is 0.316. The summed E-state index contributed by atoms with van der Waals surface area (Å²) in [6.07, 6.45) is 3.74. The topological polar surface area (TPSA) is 75.0 Å². The number of benzene rings is 1. The van der Waals surface area contributed by atoms with Gasteiger partial charge in [0.15, 0.2) is 5.76 Å². The number of nitrogens with one attached hydrogen (secondary N) is 1. The van der Waals surface area contributed by atoms with E-state index in [-0.39, 0.29) is 24.2 Å². The van der Waals surface area contributed by atoms with Crippen molar-refractivity contribution in [2.45, 2.75) is 32.2 Å². The van der Waals surface area contributed by atoms with E-state index in [1.54, 1.807) is 18.3 Å². The minimum atomic E-state index is -0.301. The zero-order valence-electron chi connectivity index (χ0n) is 14.4. The molecule has 1 fully saturated rings. The van der Waals surface area contributed by atoms with E-state index < -0.39 is 0 Å². The van der Waals surface area contributed by atoms with Crippen molar-refractivity contribution >= 4 is 5.91 Å². The molecule has 0 aliphatic carbocycles. The van der Waals surface area contributed by atoms with Crippen LogP contribution in [0, 0.1) is 12.7 Å². The van der Waals surface area contributed by atoms with Crippen molar-refractivity contribution in [1.29, 1.82) is 0 Å². The molecule has 3 heterocycles. The Bertz CT molecular complexity index is 916. The van der Waals surface area contributed by atoms with E-state index in [9.17, 15) is 9.18 Å². The Labute approximate surface area is 150 Å². The van der Waals surface area contributed by atoms with Crippen molar-refractivity contribution in [3.05, 3.63) is 59.3 Å². The quantitative estimate of drug-likeness (QED) is 0.779. The lowest BCUT2D eigenvalue weighted by atomic mass is 10.0. The van der Waals surface area contributed by atoms with Crippen molar-refractivity contribution in [2.75, 3.05) is 6.54 Å². The molecule has 7 heteroatoms. The van der Waals surface area contributed by atoms with Crippen LogP contribution in [0.1, 0.15) is 35.8 Å². The second-order valence-corrected chi connectivity index (χ2v) is 6.58. The van der Waals surface area contributed by atoms with E-state index in [0.717, 1.165) is 35.4 Å². The first-order valence-corrected chi connectivity index (χ1v) is 8.62. The molecule has 26 heavy (non-hydrogen) atoms. The van der Waals surface area contributed by atoms with Crippen LogP contribution in [0.5, 0.6) is 0 Å². The number of nitrogens with zero attached hydrogens (tertiary/aromatic N) is 3. The van der Waals surface area contributed by atoms with Gasteiger partial charge in [0.05, 0.1) is 35.6 Å². The zero-order chi connectivity index (χ0) is 18.1. The highest BCUT2D eigenvalue weighted by molar-refractivity contribution is 5.80. The highest BCUT2D eigenvalue weighted by Gasteiger charge is 2.33. The van der Waals surface area contributed by atoms with E-state index in [1.807, 2.05) is 17.9 Å². The van der Waals surface area contributed by atoms with E-state index in [2.05, 4.69) is 15.4 Å². The number of likely N-dealkylation sites (tertiary alicyclic amines) is 1. The molecule has 0 bridgehead atoms. The summed E-state index contributed by atoms with van der Waals surface area (Å²) >= 11 is 0. The minimum Gasteiger partial charge on any atom is -0.356 e. The molecule has 1 saturated heterocycles. The molecule has 4 rings (SSSR count). The standard InChI is InChI=1S/C19H19FN4O2/c1-12-9-17(26-23-12)15-11-21-22-19(15)16-3-2-8-24(16)18(25)10-13-4-6-14(20)7-5-13/h4-7,9,11,16H,2-3,8,10H2,1H3,(H,21,22)/t16-/m1/s1. The Kier molecular flexibility index (Phi) is 4.28. The van der Waals surface area contributed by atoms with Gasteiger partial charge in [0.2, 0.25) is 5.91 Å². The van der Waals surface area contributed by atoms with Gasteiger partial charge >= 0.3 is 0 Å². The Morgan fingerprint density at radius 3 is 2.92 bits per heavy atom. The third-order valence-electron chi connectivity index (χ3n) is 4.74. The van der Waals surface area contributed by atoms with Crippen LogP contribution in [0.2, 0.25) is 0 Å². The third-order valence-corrected chi connectivity index (χ3v) is 4.74. The number of halogens is 1. The van der Waals surface area contributed by atoms with E-state index >= 15 is 0 Å². The molecular weight excluding hydrogens is 335 g/mol. The van der Waals surface area contributed by atoms with Gasteiger partial charge in [0, 0.05) is 12.6 Å². The highest BCUT2D eigenvalue weighted by atomic mass is 19.1. The monoisotopic (exact) mass is 354 g/mol. The Morgan fingerprint density at radius 1 is 1.38 bits per heavy atom. The van der Waals surface area contributed by atoms with Gasteiger partial charge in [-0.2, -0.15) is 5.10 Å². The molecule has 6 nitrogen and oxygen atoms in total. The number of carbonyl (C=O) groups is 1. The largest absolute Gasteiger partial charge is 0.356 e. The molecule has 1 atom stereocenters. The maximum atomic E-state index is 13.1. The lowest BCUT2D eigenvalue weighted by Gasteiger charge is -2.24. The summed E-state index contributed by atoms with van der Waals surface area (Å²) in [7, 11) is 0. The van der Waals surface area contributed by atoms with Gasteiger partial charge in [-0.05, 0) is 37.5 Å². The molecular formula is C19H19FN4O2. The molecule has 1 aliphatic heterocycles. The van der Waals surface area contributed by atoms with Crippen LogP contribution in [0.3, 0.4) is 0 Å². The van der Waals surface area contributed by atoms with Crippen LogP contribution in [-0.2, 0) is 11.2 Å². The second kappa shape index (κ2) is 6.74. The van der Waals surface area contributed by atoms with Crippen LogP contribution in [0.4, 0.5) is 4.39 Å². The van der Waals surface area contributed by atoms with Gasteiger partial charge in [-0.3, -0.25) is 9.89 Å². The lowest BCUT2D eigenvalue weighted by molar-refractivity contribution is -0.131. The first-order valence-electron chi connectivity index (χ1n) is 8.62. The Hall–Kier alpha value is -2.96. The van der Waals surface area contributed by atoms with Crippen molar-refractivity contribution in [3.63, 3.8) is 0 Å². The van der Waals surface area contributed by atoms with E-state index in [0.29, 0.717) is 12.3 Å². The molecule has 0 saturated carbocycles.